The van der Waals surface area contributed by atoms with E-state index in [1.807, 2.05) is 5.38 Å². The summed E-state index contributed by atoms with van der Waals surface area (Å²) in [5, 5.41) is 21.4. The van der Waals surface area contributed by atoms with E-state index in [1.54, 1.807) is 12.1 Å². The van der Waals surface area contributed by atoms with Crippen LogP contribution in [0.15, 0.2) is 17.5 Å². The monoisotopic (exact) mass is 196 g/mol. The zero-order valence-electron chi connectivity index (χ0n) is 6.28. The molecule has 0 spiro atoms. The fourth-order valence-electron chi connectivity index (χ4n) is 0.859. The maximum Gasteiger partial charge on any atom is 0.376 e. The lowest BCUT2D eigenvalue weighted by atomic mass is 10.6. The third kappa shape index (κ3) is 1.29. The van der Waals surface area contributed by atoms with Crippen LogP contribution in [-0.2, 0) is 0 Å². The molecule has 1 N–H and O–H groups in total. The molecule has 2 heterocycles. The van der Waals surface area contributed by atoms with Crippen LogP contribution >= 0.6 is 11.3 Å². The average Bonchev–Trinajstić information content (AvgIpc) is 2.74. The van der Waals surface area contributed by atoms with Crippen molar-refractivity contribution in [1.82, 2.24) is 20.2 Å². The van der Waals surface area contributed by atoms with Crippen molar-refractivity contribution in [1.29, 1.82) is 0 Å². The minimum absolute atomic E-state index is 0.178. The molecule has 2 aromatic heterocycles. The first-order valence-electron chi connectivity index (χ1n) is 3.34. The first-order chi connectivity index (χ1) is 6.29. The Hall–Kier alpha value is -1.76. The standard InChI is InChI=1S/C6H4N4O2S/c11-6(12)5-7-8-9-10(5)4-2-1-3-13-4/h1-3H,(H,11,12). The number of carboxylic acid groups (broad SMARTS) is 1. The lowest BCUT2D eigenvalue weighted by Gasteiger charge is -1.94. The number of carbonyl (C=O) groups is 1. The molecule has 0 aromatic carbocycles. The smallest absolute Gasteiger partial charge is 0.376 e. The number of tetrazole rings is 1. The maximum atomic E-state index is 10.6. The van der Waals surface area contributed by atoms with E-state index < -0.39 is 5.97 Å². The Labute approximate surface area is 76.4 Å². The fourth-order valence-corrected chi connectivity index (χ4v) is 1.54. The van der Waals surface area contributed by atoms with Crippen molar-refractivity contribution in [3.05, 3.63) is 23.3 Å². The number of hydrogen-bond donors (Lipinski definition) is 1. The second kappa shape index (κ2) is 2.94. The van der Waals surface area contributed by atoms with E-state index in [-0.39, 0.29) is 5.82 Å². The molecule has 0 aliphatic carbocycles. The Kier molecular flexibility index (Phi) is 1.78. The Morgan fingerprint density at radius 2 is 2.46 bits per heavy atom. The molecule has 2 rings (SSSR count). The molecule has 0 atom stereocenters. The summed E-state index contributed by atoms with van der Waals surface area (Å²) in [5.74, 6) is -1.32. The largest absolute Gasteiger partial charge is 0.475 e. The summed E-state index contributed by atoms with van der Waals surface area (Å²) in [6, 6.07) is 3.54. The van der Waals surface area contributed by atoms with E-state index in [0.717, 1.165) is 0 Å². The molecule has 0 fully saturated rings. The van der Waals surface area contributed by atoms with E-state index in [9.17, 15) is 4.79 Å². The molecule has 0 aliphatic rings. The third-order valence-corrected chi connectivity index (χ3v) is 2.22. The van der Waals surface area contributed by atoms with Gasteiger partial charge in [0.15, 0.2) is 0 Å². The number of rotatable bonds is 2. The summed E-state index contributed by atoms with van der Waals surface area (Å²) in [5.41, 5.74) is 0. The van der Waals surface area contributed by atoms with Crippen LogP contribution in [0.5, 0.6) is 0 Å². The predicted molar refractivity (Wildman–Crippen MR) is 44.0 cm³/mol. The Morgan fingerprint density at radius 1 is 1.62 bits per heavy atom. The van der Waals surface area contributed by atoms with Crippen LogP contribution in [0.2, 0.25) is 0 Å². The van der Waals surface area contributed by atoms with Gasteiger partial charge in [0.2, 0.25) is 0 Å². The first kappa shape index (κ1) is 7.87. The Bertz CT molecular complexity index is 422. The molecule has 0 amide bonds. The van der Waals surface area contributed by atoms with Crippen LogP contribution in [0.3, 0.4) is 0 Å². The Morgan fingerprint density at radius 3 is 3.08 bits per heavy atom. The SMILES string of the molecule is O=C(O)c1nnnn1-c1cccs1. The van der Waals surface area contributed by atoms with Gasteiger partial charge >= 0.3 is 5.97 Å². The Balaban J connectivity index is 2.52. The molecule has 0 bridgehead atoms. The summed E-state index contributed by atoms with van der Waals surface area (Å²) in [4.78, 5) is 10.6. The molecule has 0 saturated carbocycles. The maximum absolute atomic E-state index is 10.6. The molecule has 2 aromatic rings. The van der Waals surface area contributed by atoms with Crippen molar-refractivity contribution in [2.75, 3.05) is 0 Å². The normalized spacial score (nSPS) is 10.2. The van der Waals surface area contributed by atoms with Crippen LogP contribution in [0.1, 0.15) is 10.6 Å². The molecule has 0 radical (unpaired) electrons. The minimum atomic E-state index is -1.14. The number of thiophene rings is 1. The summed E-state index contributed by atoms with van der Waals surface area (Å²) < 4.78 is 1.19. The summed E-state index contributed by atoms with van der Waals surface area (Å²) in [6.07, 6.45) is 0. The average molecular weight is 196 g/mol. The zero-order chi connectivity index (χ0) is 9.26. The van der Waals surface area contributed by atoms with Crippen molar-refractivity contribution < 1.29 is 9.90 Å². The number of carboxylic acids is 1. The lowest BCUT2D eigenvalue weighted by molar-refractivity contribution is 0.0680. The van der Waals surface area contributed by atoms with Crippen LogP contribution < -0.4 is 0 Å². The van der Waals surface area contributed by atoms with Crippen LogP contribution in [0.25, 0.3) is 5.00 Å². The second-order valence-corrected chi connectivity index (χ2v) is 3.10. The van der Waals surface area contributed by atoms with Gasteiger partial charge in [0, 0.05) is 0 Å². The number of aromatic nitrogens is 4. The van der Waals surface area contributed by atoms with Gasteiger partial charge in [-0.3, -0.25) is 0 Å². The second-order valence-electron chi connectivity index (χ2n) is 2.17. The van der Waals surface area contributed by atoms with Crippen LogP contribution in [-0.4, -0.2) is 31.3 Å². The highest BCUT2D eigenvalue weighted by molar-refractivity contribution is 7.12. The topological polar surface area (TPSA) is 80.9 Å². The lowest BCUT2D eigenvalue weighted by Crippen LogP contribution is -2.07. The van der Waals surface area contributed by atoms with Crippen molar-refractivity contribution in [2.24, 2.45) is 0 Å². The van der Waals surface area contributed by atoms with E-state index >= 15 is 0 Å². The van der Waals surface area contributed by atoms with Crippen molar-refractivity contribution in [2.45, 2.75) is 0 Å². The van der Waals surface area contributed by atoms with Gasteiger partial charge in [-0.05, 0) is 27.9 Å². The van der Waals surface area contributed by atoms with Crippen LogP contribution in [0.4, 0.5) is 0 Å². The molecule has 0 aliphatic heterocycles. The molecule has 6 nitrogen and oxygen atoms in total. The van der Waals surface area contributed by atoms with Gasteiger partial charge in [0.1, 0.15) is 5.00 Å². The number of hydrogen-bond acceptors (Lipinski definition) is 5. The highest BCUT2D eigenvalue weighted by Gasteiger charge is 2.15. The van der Waals surface area contributed by atoms with E-state index in [2.05, 4.69) is 15.5 Å². The summed E-state index contributed by atoms with van der Waals surface area (Å²) >= 11 is 1.37. The molecule has 0 unspecified atom stereocenters. The predicted octanol–water partition coefficient (Wildman–Crippen LogP) is 0.422. The van der Waals surface area contributed by atoms with Gasteiger partial charge in [-0.15, -0.1) is 16.4 Å². The van der Waals surface area contributed by atoms with Gasteiger partial charge < -0.3 is 5.11 Å². The van der Waals surface area contributed by atoms with Crippen molar-refractivity contribution in [3.8, 4) is 5.00 Å². The van der Waals surface area contributed by atoms with Crippen molar-refractivity contribution >= 4 is 17.3 Å². The molecule has 66 valence electrons. The van der Waals surface area contributed by atoms with Crippen LogP contribution in [0, 0.1) is 0 Å². The molecular weight excluding hydrogens is 192 g/mol. The van der Waals surface area contributed by atoms with Gasteiger partial charge in [-0.25, -0.2) is 4.79 Å². The van der Waals surface area contributed by atoms with Gasteiger partial charge in [0.25, 0.3) is 5.82 Å². The fraction of sp³-hybridized carbons (Fsp3) is 0. The van der Waals surface area contributed by atoms with E-state index in [4.69, 9.17) is 5.11 Å². The quantitative estimate of drug-likeness (QED) is 0.752. The first-order valence-corrected chi connectivity index (χ1v) is 4.22. The third-order valence-electron chi connectivity index (χ3n) is 1.38. The molecule has 0 saturated heterocycles. The molecule has 13 heavy (non-hydrogen) atoms. The molecule has 7 heteroatoms. The van der Waals surface area contributed by atoms with Gasteiger partial charge in [-0.1, -0.05) is 0 Å². The minimum Gasteiger partial charge on any atom is -0.475 e. The number of aromatic carboxylic acids is 1. The highest BCUT2D eigenvalue weighted by Crippen LogP contribution is 2.14. The zero-order valence-corrected chi connectivity index (χ0v) is 7.10. The number of nitrogens with zero attached hydrogens (tertiary/aromatic N) is 4. The highest BCUT2D eigenvalue weighted by atomic mass is 32.1. The van der Waals surface area contributed by atoms with Gasteiger partial charge in [-0.2, -0.15) is 4.68 Å². The van der Waals surface area contributed by atoms with Gasteiger partial charge in [0.05, 0.1) is 0 Å². The summed E-state index contributed by atoms with van der Waals surface area (Å²) in [7, 11) is 0. The van der Waals surface area contributed by atoms with E-state index in [1.165, 1.54) is 16.0 Å². The summed E-state index contributed by atoms with van der Waals surface area (Å²) in [6.45, 7) is 0. The molecular formula is C6H4N4O2S. The van der Waals surface area contributed by atoms with E-state index in [0.29, 0.717) is 5.00 Å². The van der Waals surface area contributed by atoms with Crippen molar-refractivity contribution in [3.63, 3.8) is 0 Å².